The zero-order valence-electron chi connectivity index (χ0n) is 8.71. The Morgan fingerprint density at radius 3 is 2.31 bits per heavy atom. The lowest BCUT2D eigenvalue weighted by atomic mass is 9.99. The Morgan fingerprint density at radius 2 is 1.85 bits per heavy atom. The highest BCUT2D eigenvalue weighted by molar-refractivity contribution is 5.34. The second-order valence-corrected chi connectivity index (χ2v) is 3.77. The molecule has 0 atom stereocenters. The first-order valence-corrected chi connectivity index (χ1v) is 4.90. The summed E-state index contributed by atoms with van der Waals surface area (Å²) in [5, 5.41) is 0. The second kappa shape index (κ2) is 4.43. The van der Waals surface area contributed by atoms with Crippen LogP contribution < -0.4 is 0 Å². The van der Waals surface area contributed by atoms with Crippen LogP contribution in [0.2, 0.25) is 0 Å². The summed E-state index contributed by atoms with van der Waals surface area (Å²) in [5.41, 5.74) is 2.71. The minimum Gasteiger partial charge on any atom is -0.296 e. The standard InChI is InChI=1S/C12H19N/c1-5-11-7-8-13(10(3)4)9-12(11)6-2/h5-6,10H,1-2,7-9H2,3-4H3. The Labute approximate surface area is 81.4 Å². The maximum absolute atomic E-state index is 3.84. The van der Waals surface area contributed by atoms with Gasteiger partial charge in [-0.05, 0) is 31.4 Å². The first kappa shape index (κ1) is 10.3. The van der Waals surface area contributed by atoms with E-state index in [1.54, 1.807) is 0 Å². The Kier molecular flexibility index (Phi) is 3.49. The third-order valence-corrected chi connectivity index (χ3v) is 2.68. The zero-order chi connectivity index (χ0) is 9.84. The van der Waals surface area contributed by atoms with Gasteiger partial charge in [0.1, 0.15) is 0 Å². The molecule has 1 aliphatic rings. The Balaban J connectivity index is 2.77. The van der Waals surface area contributed by atoms with Gasteiger partial charge in [0.05, 0.1) is 0 Å². The summed E-state index contributed by atoms with van der Waals surface area (Å²) >= 11 is 0. The van der Waals surface area contributed by atoms with Gasteiger partial charge in [0.2, 0.25) is 0 Å². The van der Waals surface area contributed by atoms with Crippen molar-refractivity contribution in [2.45, 2.75) is 26.3 Å². The molecule has 1 aliphatic heterocycles. The van der Waals surface area contributed by atoms with Crippen LogP contribution in [0.1, 0.15) is 20.3 Å². The SMILES string of the molecule is C=CC1=C(C=C)CN(C(C)C)CC1. The summed E-state index contributed by atoms with van der Waals surface area (Å²) in [6, 6.07) is 0.626. The van der Waals surface area contributed by atoms with Crippen LogP contribution in [-0.2, 0) is 0 Å². The van der Waals surface area contributed by atoms with Gasteiger partial charge in [-0.25, -0.2) is 0 Å². The van der Waals surface area contributed by atoms with Crippen LogP contribution in [0.5, 0.6) is 0 Å². The molecule has 1 heteroatoms. The molecule has 0 bridgehead atoms. The van der Waals surface area contributed by atoms with Gasteiger partial charge in [0.25, 0.3) is 0 Å². The van der Waals surface area contributed by atoms with Crippen LogP contribution >= 0.6 is 0 Å². The molecule has 0 amide bonds. The van der Waals surface area contributed by atoms with Crippen LogP contribution in [0.4, 0.5) is 0 Å². The molecule has 0 N–H and O–H groups in total. The maximum Gasteiger partial charge on any atom is 0.0239 e. The first-order chi connectivity index (χ1) is 6.19. The molecular formula is C12H19N. The van der Waals surface area contributed by atoms with E-state index < -0.39 is 0 Å². The van der Waals surface area contributed by atoms with Gasteiger partial charge < -0.3 is 0 Å². The van der Waals surface area contributed by atoms with Crippen molar-refractivity contribution in [1.29, 1.82) is 0 Å². The van der Waals surface area contributed by atoms with Gasteiger partial charge in [-0.1, -0.05) is 25.3 Å². The lowest BCUT2D eigenvalue weighted by molar-refractivity contribution is 0.235. The van der Waals surface area contributed by atoms with Crippen LogP contribution in [-0.4, -0.2) is 24.0 Å². The predicted molar refractivity (Wildman–Crippen MR) is 58.7 cm³/mol. The van der Waals surface area contributed by atoms with Crippen molar-refractivity contribution < 1.29 is 0 Å². The average Bonchev–Trinajstić information content (AvgIpc) is 2.16. The highest BCUT2D eigenvalue weighted by atomic mass is 15.1. The van der Waals surface area contributed by atoms with E-state index in [2.05, 4.69) is 31.9 Å². The molecule has 0 spiro atoms. The molecule has 0 saturated carbocycles. The molecule has 0 saturated heterocycles. The van der Waals surface area contributed by atoms with E-state index in [1.165, 1.54) is 11.1 Å². The summed E-state index contributed by atoms with van der Waals surface area (Å²) in [5.74, 6) is 0. The highest BCUT2D eigenvalue weighted by Gasteiger charge is 2.17. The minimum atomic E-state index is 0.626. The lowest BCUT2D eigenvalue weighted by Gasteiger charge is -2.31. The maximum atomic E-state index is 3.84. The lowest BCUT2D eigenvalue weighted by Crippen LogP contribution is -2.36. The number of nitrogens with zero attached hydrogens (tertiary/aromatic N) is 1. The summed E-state index contributed by atoms with van der Waals surface area (Å²) in [4.78, 5) is 2.46. The molecule has 72 valence electrons. The fourth-order valence-corrected chi connectivity index (χ4v) is 1.69. The summed E-state index contributed by atoms with van der Waals surface area (Å²) in [6.45, 7) is 14.3. The van der Waals surface area contributed by atoms with Crippen LogP contribution in [0.3, 0.4) is 0 Å². The largest absolute Gasteiger partial charge is 0.296 e. The summed E-state index contributed by atoms with van der Waals surface area (Å²) in [7, 11) is 0. The van der Waals surface area contributed by atoms with Gasteiger partial charge in [-0.3, -0.25) is 4.90 Å². The molecule has 0 aromatic heterocycles. The number of hydrogen-bond donors (Lipinski definition) is 0. The summed E-state index contributed by atoms with van der Waals surface area (Å²) < 4.78 is 0. The molecule has 1 nitrogen and oxygen atoms in total. The van der Waals surface area contributed by atoms with Crippen LogP contribution in [0, 0.1) is 0 Å². The fraction of sp³-hybridized carbons (Fsp3) is 0.500. The van der Waals surface area contributed by atoms with Crippen molar-refractivity contribution >= 4 is 0 Å². The third-order valence-electron chi connectivity index (χ3n) is 2.68. The second-order valence-electron chi connectivity index (χ2n) is 3.77. The smallest absolute Gasteiger partial charge is 0.0239 e. The molecule has 13 heavy (non-hydrogen) atoms. The number of allylic oxidation sites excluding steroid dienone is 1. The Hall–Kier alpha value is -0.820. The predicted octanol–water partition coefficient (Wildman–Crippen LogP) is 2.77. The normalized spacial score (nSPS) is 19.3. The van der Waals surface area contributed by atoms with E-state index in [0.717, 1.165) is 19.5 Å². The molecule has 0 aromatic carbocycles. The zero-order valence-corrected chi connectivity index (χ0v) is 8.71. The third kappa shape index (κ3) is 2.31. The van der Waals surface area contributed by atoms with E-state index >= 15 is 0 Å². The van der Waals surface area contributed by atoms with Crippen LogP contribution in [0.25, 0.3) is 0 Å². The van der Waals surface area contributed by atoms with Crippen molar-refractivity contribution in [3.8, 4) is 0 Å². The van der Waals surface area contributed by atoms with Gasteiger partial charge in [-0.2, -0.15) is 0 Å². The van der Waals surface area contributed by atoms with Gasteiger partial charge in [-0.15, -0.1) is 0 Å². The average molecular weight is 177 g/mol. The topological polar surface area (TPSA) is 3.24 Å². The quantitative estimate of drug-likeness (QED) is 0.640. The summed E-state index contributed by atoms with van der Waals surface area (Å²) in [6.07, 6.45) is 5.04. The molecule has 0 radical (unpaired) electrons. The fourth-order valence-electron chi connectivity index (χ4n) is 1.69. The van der Waals surface area contributed by atoms with Crippen molar-refractivity contribution in [2.75, 3.05) is 13.1 Å². The molecule has 0 unspecified atom stereocenters. The van der Waals surface area contributed by atoms with Gasteiger partial charge in [0.15, 0.2) is 0 Å². The van der Waals surface area contributed by atoms with Gasteiger partial charge >= 0.3 is 0 Å². The van der Waals surface area contributed by atoms with Crippen LogP contribution in [0.15, 0.2) is 36.5 Å². The molecule has 1 rings (SSSR count). The molecule has 0 fully saturated rings. The Morgan fingerprint density at radius 1 is 1.23 bits per heavy atom. The number of rotatable bonds is 3. The van der Waals surface area contributed by atoms with E-state index in [9.17, 15) is 0 Å². The monoisotopic (exact) mass is 177 g/mol. The van der Waals surface area contributed by atoms with Crippen molar-refractivity contribution in [3.63, 3.8) is 0 Å². The molecule has 0 aromatic rings. The molecule has 1 heterocycles. The van der Waals surface area contributed by atoms with Crippen molar-refractivity contribution in [2.24, 2.45) is 0 Å². The highest BCUT2D eigenvalue weighted by Crippen LogP contribution is 2.20. The van der Waals surface area contributed by atoms with Crippen molar-refractivity contribution in [3.05, 3.63) is 36.5 Å². The van der Waals surface area contributed by atoms with E-state index in [4.69, 9.17) is 0 Å². The van der Waals surface area contributed by atoms with Gasteiger partial charge in [0, 0.05) is 19.1 Å². The van der Waals surface area contributed by atoms with E-state index in [-0.39, 0.29) is 0 Å². The minimum absolute atomic E-state index is 0.626. The Bertz CT molecular complexity index is 236. The van der Waals surface area contributed by atoms with E-state index in [1.807, 2.05) is 12.2 Å². The first-order valence-electron chi connectivity index (χ1n) is 4.90. The molecule has 0 aliphatic carbocycles. The number of hydrogen-bond acceptors (Lipinski definition) is 1. The van der Waals surface area contributed by atoms with E-state index in [0.29, 0.717) is 6.04 Å². The molecular weight excluding hydrogens is 158 g/mol. The van der Waals surface area contributed by atoms with Crippen molar-refractivity contribution in [1.82, 2.24) is 4.90 Å².